The Morgan fingerprint density at radius 2 is 2.04 bits per heavy atom. The molecule has 1 saturated carbocycles. The van der Waals surface area contributed by atoms with E-state index in [0.717, 1.165) is 38.0 Å². The van der Waals surface area contributed by atoms with Crippen LogP contribution in [0.1, 0.15) is 38.2 Å². The molecule has 5 nitrogen and oxygen atoms in total. The lowest BCUT2D eigenvalue weighted by molar-refractivity contribution is -0.125. The largest absolute Gasteiger partial charge is 0.490 e. The van der Waals surface area contributed by atoms with Crippen molar-refractivity contribution in [2.24, 2.45) is 10.9 Å². The normalized spacial score (nSPS) is 28.7. The number of rotatable bonds is 4. The van der Waals surface area contributed by atoms with Gasteiger partial charge in [-0.05, 0) is 37.0 Å². The molecule has 24 heavy (non-hydrogen) atoms. The van der Waals surface area contributed by atoms with E-state index in [4.69, 9.17) is 9.47 Å². The Kier molecular flexibility index (Phi) is 4.17. The number of hydrogen-bond donors (Lipinski definition) is 0. The van der Waals surface area contributed by atoms with E-state index in [0.29, 0.717) is 12.6 Å². The fourth-order valence-electron chi connectivity index (χ4n) is 3.97. The van der Waals surface area contributed by atoms with Crippen molar-refractivity contribution in [3.8, 4) is 5.75 Å². The Labute approximate surface area is 142 Å². The molecule has 1 saturated heterocycles. The van der Waals surface area contributed by atoms with E-state index in [-0.39, 0.29) is 24.0 Å². The molecule has 2 heterocycles. The van der Waals surface area contributed by atoms with Crippen molar-refractivity contribution < 1.29 is 14.3 Å². The van der Waals surface area contributed by atoms with Crippen molar-refractivity contribution in [2.75, 3.05) is 13.2 Å². The van der Waals surface area contributed by atoms with Crippen molar-refractivity contribution in [2.45, 2.75) is 51.2 Å². The second kappa shape index (κ2) is 6.46. The van der Waals surface area contributed by atoms with Gasteiger partial charge in [-0.1, -0.05) is 31.9 Å². The maximum atomic E-state index is 12.2. The van der Waals surface area contributed by atoms with Crippen LogP contribution in [0.4, 0.5) is 0 Å². The number of fused-ring (bicyclic) bond motifs is 3. The fraction of sp³-hybridized carbons (Fsp3) is 0.579. The van der Waals surface area contributed by atoms with E-state index in [1.807, 2.05) is 12.1 Å². The maximum Gasteiger partial charge on any atom is 0.296 e. The molecule has 3 unspecified atom stereocenters. The number of amides is 1. The molecule has 1 aliphatic carbocycles. The Morgan fingerprint density at radius 3 is 2.83 bits per heavy atom. The number of aryl methyl sites for hydroxylation is 1. The molecule has 0 spiro atoms. The summed E-state index contributed by atoms with van der Waals surface area (Å²) in [4.78, 5) is 18.6. The fourth-order valence-corrected chi connectivity index (χ4v) is 3.97. The molecule has 0 aromatic heterocycles. The quantitative estimate of drug-likeness (QED) is 0.853. The predicted molar refractivity (Wildman–Crippen MR) is 91.1 cm³/mol. The summed E-state index contributed by atoms with van der Waals surface area (Å²) in [5, 5.41) is 0. The number of ether oxygens (including phenoxy) is 2. The second-order valence-corrected chi connectivity index (χ2v) is 6.89. The summed E-state index contributed by atoms with van der Waals surface area (Å²) < 4.78 is 11.7. The monoisotopic (exact) mass is 328 g/mol. The Balaban J connectivity index is 1.39. The first-order valence-corrected chi connectivity index (χ1v) is 9.02. The molecule has 0 radical (unpaired) electrons. The summed E-state index contributed by atoms with van der Waals surface area (Å²) in [6.45, 7) is 3.38. The highest BCUT2D eigenvalue weighted by atomic mass is 16.6. The van der Waals surface area contributed by atoms with Crippen LogP contribution in [0, 0.1) is 5.92 Å². The summed E-state index contributed by atoms with van der Waals surface area (Å²) >= 11 is 0. The van der Waals surface area contributed by atoms with Gasteiger partial charge < -0.3 is 14.4 Å². The van der Waals surface area contributed by atoms with Crippen LogP contribution >= 0.6 is 0 Å². The smallest absolute Gasteiger partial charge is 0.296 e. The average molecular weight is 328 g/mol. The maximum absolute atomic E-state index is 12.2. The van der Waals surface area contributed by atoms with Crippen LogP contribution in [-0.4, -0.2) is 42.1 Å². The Hall–Kier alpha value is -2.04. The molecular weight excluding hydrogens is 304 g/mol. The highest BCUT2D eigenvalue weighted by Gasteiger charge is 2.45. The van der Waals surface area contributed by atoms with Gasteiger partial charge in [-0.2, -0.15) is 4.99 Å². The van der Waals surface area contributed by atoms with Crippen LogP contribution < -0.4 is 4.74 Å². The van der Waals surface area contributed by atoms with E-state index >= 15 is 0 Å². The number of hydrogen-bond acceptors (Lipinski definition) is 4. The van der Waals surface area contributed by atoms with Gasteiger partial charge in [0.1, 0.15) is 12.4 Å². The second-order valence-electron chi connectivity index (χ2n) is 6.89. The molecule has 1 aromatic rings. The van der Waals surface area contributed by atoms with E-state index < -0.39 is 0 Å². The van der Waals surface area contributed by atoms with E-state index in [2.05, 4.69) is 28.9 Å². The first-order valence-electron chi connectivity index (χ1n) is 9.02. The molecule has 128 valence electrons. The zero-order valence-electron chi connectivity index (χ0n) is 14.1. The van der Waals surface area contributed by atoms with Gasteiger partial charge >= 0.3 is 0 Å². The number of nitrogens with zero attached hydrogens (tertiary/aromatic N) is 2. The predicted octanol–water partition coefficient (Wildman–Crippen LogP) is 2.78. The lowest BCUT2D eigenvalue weighted by Gasteiger charge is -2.38. The number of carbonyl (C=O) groups is 1. The van der Waals surface area contributed by atoms with Gasteiger partial charge in [-0.15, -0.1) is 0 Å². The molecule has 1 amide bonds. The zero-order valence-corrected chi connectivity index (χ0v) is 14.1. The molecule has 2 fully saturated rings. The summed E-state index contributed by atoms with van der Waals surface area (Å²) in [7, 11) is 0. The summed E-state index contributed by atoms with van der Waals surface area (Å²) in [5.74, 6) is 0.921. The third-order valence-electron chi connectivity index (χ3n) is 5.34. The molecule has 5 heteroatoms. The van der Waals surface area contributed by atoms with Crippen molar-refractivity contribution in [3.63, 3.8) is 0 Å². The van der Waals surface area contributed by atoms with Crippen LogP contribution in [0.5, 0.6) is 5.75 Å². The minimum atomic E-state index is -0.0666. The van der Waals surface area contributed by atoms with Crippen molar-refractivity contribution in [3.05, 3.63) is 29.8 Å². The minimum absolute atomic E-state index is 0.00247. The molecule has 3 atom stereocenters. The van der Waals surface area contributed by atoms with Gasteiger partial charge in [0.05, 0.1) is 12.5 Å². The molecule has 4 rings (SSSR count). The third-order valence-corrected chi connectivity index (χ3v) is 5.34. The Bertz CT molecular complexity index is 641. The standard InChI is InChI=1S/C19H24N2O3/c1-2-13-7-9-14(10-8-13)23-12-15-11-21-17-6-4-3-5-16(17)18(22)20-19(21)24-15/h7-10,15-17H,2-6,11-12H2,1H3. The number of benzene rings is 1. The van der Waals surface area contributed by atoms with Gasteiger partial charge in [0.15, 0.2) is 6.10 Å². The first-order chi connectivity index (χ1) is 11.7. The van der Waals surface area contributed by atoms with Gasteiger partial charge in [-0.3, -0.25) is 4.79 Å². The van der Waals surface area contributed by atoms with Crippen LogP contribution in [0.25, 0.3) is 0 Å². The lowest BCUT2D eigenvalue weighted by atomic mass is 9.82. The van der Waals surface area contributed by atoms with Crippen molar-refractivity contribution in [1.29, 1.82) is 0 Å². The topological polar surface area (TPSA) is 51.1 Å². The molecule has 0 bridgehead atoms. The van der Waals surface area contributed by atoms with Gasteiger partial charge in [0.25, 0.3) is 11.9 Å². The Morgan fingerprint density at radius 1 is 1.25 bits per heavy atom. The summed E-state index contributed by atoms with van der Waals surface area (Å²) in [6, 6.07) is 8.96. The van der Waals surface area contributed by atoms with E-state index in [1.54, 1.807) is 0 Å². The van der Waals surface area contributed by atoms with Crippen molar-refractivity contribution in [1.82, 2.24) is 4.90 Å². The van der Waals surface area contributed by atoms with Gasteiger partial charge in [-0.25, -0.2) is 0 Å². The first kappa shape index (κ1) is 15.5. The van der Waals surface area contributed by atoms with Gasteiger partial charge in [0, 0.05) is 6.04 Å². The average Bonchev–Trinajstić information content (AvgIpc) is 3.04. The SMILES string of the molecule is CCc1ccc(OCC2CN3C(=NC(=O)C4CCCCC43)O2)cc1. The summed E-state index contributed by atoms with van der Waals surface area (Å²) in [6.07, 6.45) is 5.29. The molecule has 2 aliphatic heterocycles. The van der Waals surface area contributed by atoms with Crippen LogP contribution in [-0.2, 0) is 16.0 Å². The van der Waals surface area contributed by atoms with Crippen LogP contribution in [0.15, 0.2) is 29.3 Å². The molecule has 0 N–H and O–H groups in total. The van der Waals surface area contributed by atoms with E-state index in [1.165, 1.54) is 12.0 Å². The third kappa shape index (κ3) is 2.87. The highest BCUT2D eigenvalue weighted by Crippen LogP contribution is 2.35. The molecule has 3 aliphatic rings. The number of carbonyl (C=O) groups excluding carboxylic acids is 1. The summed E-state index contributed by atoms with van der Waals surface area (Å²) in [5.41, 5.74) is 1.30. The minimum Gasteiger partial charge on any atom is -0.490 e. The highest BCUT2D eigenvalue weighted by molar-refractivity contribution is 5.95. The van der Waals surface area contributed by atoms with E-state index in [9.17, 15) is 4.79 Å². The van der Waals surface area contributed by atoms with Crippen LogP contribution in [0.2, 0.25) is 0 Å². The molecular formula is C19H24N2O3. The molecule has 1 aromatic carbocycles. The zero-order chi connectivity index (χ0) is 16.5. The number of aliphatic imine (C=N–C) groups is 1. The lowest BCUT2D eigenvalue weighted by Crippen LogP contribution is -2.50. The van der Waals surface area contributed by atoms with Crippen LogP contribution in [0.3, 0.4) is 0 Å². The number of amidine groups is 1. The van der Waals surface area contributed by atoms with Crippen molar-refractivity contribution >= 4 is 11.9 Å². The van der Waals surface area contributed by atoms with Gasteiger partial charge in [0.2, 0.25) is 0 Å².